The third kappa shape index (κ3) is 0.618. The van der Waals surface area contributed by atoms with Crippen LogP contribution in [0.1, 0.15) is 6.42 Å². The summed E-state index contributed by atoms with van der Waals surface area (Å²) in [7, 11) is 0. The molecule has 0 atom stereocenters. The van der Waals surface area contributed by atoms with Crippen molar-refractivity contribution in [3.63, 3.8) is 0 Å². The normalized spacial score (nSPS) is 22.2. The molecule has 0 aliphatic carbocycles. The summed E-state index contributed by atoms with van der Waals surface area (Å²) in [5.41, 5.74) is 0.951. The summed E-state index contributed by atoms with van der Waals surface area (Å²) in [5, 5.41) is 16.2. The SMILES string of the molecule is OC1=NN=CC2=CCCN21. The van der Waals surface area contributed by atoms with Crippen molar-refractivity contribution in [2.75, 3.05) is 6.54 Å². The maximum atomic E-state index is 9.10. The Bertz CT molecular complexity index is 241. The molecule has 2 heterocycles. The first kappa shape index (κ1) is 5.46. The van der Waals surface area contributed by atoms with Crippen molar-refractivity contribution in [1.82, 2.24) is 4.90 Å². The number of aliphatic hydroxyl groups excluding tert-OH is 1. The van der Waals surface area contributed by atoms with Gasteiger partial charge in [-0.05, 0) is 6.42 Å². The number of nitrogens with zero attached hydrogens (tertiary/aromatic N) is 3. The number of amidine groups is 1. The van der Waals surface area contributed by atoms with Gasteiger partial charge < -0.3 is 5.11 Å². The lowest BCUT2D eigenvalue weighted by molar-refractivity contribution is 0.408. The molecular formula is C6H7N3O. The van der Waals surface area contributed by atoms with Crippen molar-refractivity contribution in [2.24, 2.45) is 10.2 Å². The monoisotopic (exact) mass is 137 g/mol. The van der Waals surface area contributed by atoms with E-state index in [0.717, 1.165) is 18.7 Å². The minimum absolute atomic E-state index is 0.00579. The first-order chi connectivity index (χ1) is 4.88. The van der Waals surface area contributed by atoms with Crippen LogP contribution in [0, 0.1) is 0 Å². The van der Waals surface area contributed by atoms with E-state index in [-0.39, 0.29) is 6.02 Å². The molecule has 0 aromatic heterocycles. The van der Waals surface area contributed by atoms with Crippen molar-refractivity contribution >= 4 is 12.2 Å². The molecule has 0 saturated carbocycles. The highest BCUT2D eigenvalue weighted by Gasteiger charge is 2.20. The van der Waals surface area contributed by atoms with Gasteiger partial charge in [0, 0.05) is 6.54 Å². The van der Waals surface area contributed by atoms with E-state index in [1.807, 2.05) is 6.08 Å². The average molecular weight is 137 g/mol. The molecule has 0 fully saturated rings. The van der Waals surface area contributed by atoms with Crippen LogP contribution in [0.25, 0.3) is 0 Å². The standard InChI is InChI=1S/C6H7N3O/c10-6-8-7-4-5-2-1-3-9(5)6/h2,4H,1,3H2,(H,8,10). The van der Waals surface area contributed by atoms with Crippen LogP contribution >= 0.6 is 0 Å². The Labute approximate surface area is 58.2 Å². The maximum absolute atomic E-state index is 9.10. The fourth-order valence-corrected chi connectivity index (χ4v) is 1.11. The summed E-state index contributed by atoms with van der Waals surface area (Å²) in [5.74, 6) is 0. The number of allylic oxidation sites excluding steroid dienone is 1. The lowest BCUT2D eigenvalue weighted by atomic mass is 10.4. The molecule has 2 rings (SSSR count). The zero-order valence-electron chi connectivity index (χ0n) is 5.36. The van der Waals surface area contributed by atoms with Crippen molar-refractivity contribution in [3.05, 3.63) is 11.8 Å². The highest BCUT2D eigenvalue weighted by molar-refractivity contribution is 5.89. The Morgan fingerprint density at radius 3 is 3.30 bits per heavy atom. The van der Waals surface area contributed by atoms with Crippen LogP contribution in [0.4, 0.5) is 0 Å². The quantitative estimate of drug-likeness (QED) is 0.528. The van der Waals surface area contributed by atoms with E-state index in [2.05, 4.69) is 10.2 Å². The van der Waals surface area contributed by atoms with Crippen LogP contribution in [-0.4, -0.2) is 28.8 Å². The van der Waals surface area contributed by atoms with E-state index < -0.39 is 0 Å². The zero-order chi connectivity index (χ0) is 6.97. The first-order valence-corrected chi connectivity index (χ1v) is 3.15. The molecule has 0 unspecified atom stereocenters. The highest BCUT2D eigenvalue weighted by atomic mass is 16.3. The third-order valence-electron chi connectivity index (χ3n) is 1.60. The molecule has 1 N–H and O–H groups in total. The number of hydrogen-bond donors (Lipinski definition) is 1. The van der Waals surface area contributed by atoms with Gasteiger partial charge in [0.2, 0.25) is 0 Å². The van der Waals surface area contributed by atoms with Gasteiger partial charge in [-0.3, -0.25) is 4.90 Å². The Balaban J connectivity index is 2.36. The number of hydrogen-bond acceptors (Lipinski definition) is 3. The van der Waals surface area contributed by atoms with Crippen LogP contribution in [-0.2, 0) is 0 Å². The topological polar surface area (TPSA) is 48.2 Å². The molecule has 0 aromatic rings. The molecule has 4 nitrogen and oxygen atoms in total. The molecule has 0 radical (unpaired) electrons. The van der Waals surface area contributed by atoms with Gasteiger partial charge in [0.25, 0.3) is 0 Å². The smallest absolute Gasteiger partial charge is 0.313 e. The molecule has 2 aliphatic heterocycles. The van der Waals surface area contributed by atoms with Crippen LogP contribution in [0.15, 0.2) is 22.0 Å². The molecule has 52 valence electrons. The molecule has 0 bridgehead atoms. The van der Waals surface area contributed by atoms with Gasteiger partial charge in [-0.2, -0.15) is 5.10 Å². The van der Waals surface area contributed by atoms with Crippen molar-refractivity contribution in [1.29, 1.82) is 0 Å². The summed E-state index contributed by atoms with van der Waals surface area (Å²) in [6.45, 7) is 0.816. The van der Waals surface area contributed by atoms with E-state index in [0.29, 0.717) is 0 Å². The lowest BCUT2D eigenvalue weighted by Gasteiger charge is -2.17. The van der Waals surface area contributed by atoms with Crippen LogP contribution < -0.4 is 0 Å². The fraction of sp³-hybridized carbons (Fsp3) is 0.333. The molecule has 4 heteroatoms. The van der Waals surface area contributed by atoms with E-state index in [4.69, 9.17) is 5.11 Å². The van der Waals surface area contributed by atoms with Gasteiger partial charge in [-0.1, -0.05) is 11.2 Å². The molecule has 0 spiro atoms. The molecule has 0 amide bonds. The van der Waals surface area contributed by atoms with Gasteiger partial charge in [-0.15, -0.1) is 0 Å². The van der Waals surface area contributed by atoms with Gasteiger partial charge in [0.15, 0.2) is 0 Å². The van der Waals surface area contributed by atoms with Crippen molar-refractivity contribution in [3.8, 4) is 0 Å². The zero-order valence-corrected chi connectivity index (χ0v) is 5.36. The van der Waals surface area contributed by atoms with Gasteiger partial charge in [-0.25, -0.2) is 0 Å². The summed E-state index contributed by atoms with van der Waals surface area (Å²) in [6, 6.07) is 0.00579. The number of fused-ring (bicyclic) bond motifs is 1. The summed E-state index contributed by atoms with van der Waals surface area (Å²) in [6.07, 6.45) is 4.63. The number of aliphatic hydroxyl groups is 1. The van der Waals surface area contributed by atoms with E-state index in [1.54, 1.807) is 11.1 Å². The van der Waals surface area contributed by atoms with Gasteiger partial charge in [0.05, 0.1) is 11.9 Å². The highest BCUT2D eigenvalue weighted by Crippen LogP contribution is 2.15. The first-order valence-electron chi connectivity index (χ1n) is 3.15. The second kappa shape index (κ2) is 1.83. The minimum atomic E-state index is 0.00579. The molecule has 0 aromatic carbocycles. The average Bonchev–Trinajstić information content (AvgIpc) is 2.36. The molecular weight excluding hydrogens is 130 g/mol. The lowest BCUT2D eigenvalue weighted by Crippen LogP contribution is -2.29. The second-order valence-electron chi connectivity index (χ2n) is 2.21. The Hall–Kier alpha value is -1.32. The van der Waals surface area contributed by atoms with Gasteiger partial charge >= 0.3 is 6.02 Å². The molecule has 2 aliphatic rings. The van der Waals surface area contributed by atoms with E-state index >= 15 is 0 Å². The predicted octanol–water partition coefficient (Wildman–Crippen LogP) is 0.489. The summed E-state index contributed by atoms with van der Waals surface area (Å²) in [4.78, 5) is 1.73. The van der Waals surface area contributed by atoms with Crippen molar-refractivity contribution < 1.29 is 5.11 Å². The second-order valence-corrected chi connectivity index (χ2v) is 2.21. The Morgan fingerprint density at radius 1 is 1.60 bits per heavy atom. The maximum Gasteiger partial charge on any atom is 0.313 e. The van der Waals surface area contributed by atoms with Crippen molar-refractivity contribution in [2.45, 2.75) is 6.42 Å². The summed E-state index contributed by atoms with van der Waals surface area (Å²) < 4.78 is 0. The number of rotatable bonds is 0. The Kier molecular flexibility index (Phi) is 1.00. The van der Waals surface area contributed by atoms with Crippen LogP contribution in [0.3, 0.4) is 0 Å². The van der Waals surface area contributed by atoms with E-state index in [9.17, 15) is 0 Å². The predicted molar refractivity (Wildman–Crippen MR) is 38.0 cm³/mol. The Morgan fingerprint density at radius 2 is 2.50 bits per heavy atom. The van der Waals surface area contributed by atoms with Gasteiger partial charge in [0.1, 0.15) is 0 Å². The van der Waals surface area contributed by atoms with Crippen LogP contribution in [0.2, 0.25) is 0 Å². The fourth-order valence-electron chi connectivity index (χ4n) is 1.11. The largest absolute Gasteiger partial charge is 0.479 e. The third-order valence-corrected chi connectivity index (χ3v) is 1.60. The summed E-state index contributed by atoms with van der Waals surface area (Å²) >= 11 is 0. The molecule has 10 heavy (non-hydrogen) atoms. The molecule has 0 saturated heterocycles. The minimum Gasteiger partial charge on any atom is -0.479 e. The van der Waals surface area contributed by atoms with E-state index in [1.165, 1.54) is 0 Å². The van der Waals surface area contributed by atoms with Crippen LogP contribution in [0.5, 0.6) is 0 Å².